The van der Waals surface area contributed by atoms with Crippen molar-refractivity contribution in [2.45, 2.75) is 6.42 Å². The van der Waals surface area contributed by atoms with E-state index in [0.717, 1.165) is 13.0 Å². The van der Waals surface area contributed by atoms with Gasteiger partial charge in [-0.3, -0.25) is 0 Å². The van der Waals surface area contributed by atoms with Crippen LogP contribution < -0.4 is 5.32 Å². The van der Waals surface area contributed by atoms with E-state index in [-0.39, 0.29) is 5.82 Å². The van der Waals surface area contributed by atoms with Crippen molar-refractivity contribution in [1.29, 1.82) is 0 Å². The highest BCUT2D eigenvalue weighted by Gasteiger charge is 1.95. The molecule has 1 N–H and O–H groups in total. The van der Waals surface area contributed by atoms with Gasteiger partial charge in [-0.05, 0) is 25.2 Å². The summed E-state index contributed by atoms with van der Waals surface area (Å²) in [5.74, 6) is 5.41. The zero-order valence-electron chi connectivity index (χ0n) is 7.90. The van der Waals surface area contributed by atoms with Gasteiger partial charge >= 0.3 is 0 Å². The molecule has 1 nitrogen and oxygen atoms in total. The number of hydrogen-bond acceptors (Lipinski definition) is 1. The fraction of sp³-hybridized carbons (Fsp3) is 0.273. The molecule has 0 spiro atoms. The van der Waals surface area contributed by atoms with Crippen LogP contribution in [0.2, 0.25) is 5.02 Å². The van der Waals surface area contributed by atoms with Crippen molar-refractivity contribution < 1.29 is 4.39 Å². The summed E-state index contributed by atoms with van der Waals surface area (Å²) >= 11 is 5.67. The predicted octanol–water partition coefficient (Wildman–Crippen LogP) is 2.44. The van der Waals surface area contributed by atoms with Gasteiger partial charge in [0.1, 0.15) is 5.82 Å². The van der Waals surface area contributed by atoms with E-state index in [9.17, 15) is 4.39 Å². The molecule has 0 unspecified atom stereocenters. The number of hydrogen-bond donors (Lipinski definition) is 1. The quantitative estimate of drug-likeness (QED) is 0.585. The summed E-state index contributed by atoms with van der Waals surface area (Å²) in [6.07, 6.45) is 0.741. The van der Waals surface area contributed by atoms with Crippen molar-refractivity contribution >= 4 is 11.6 Å². The smallest absolute Gasteiger partial charge is 0.125 e. The monoisotopic (exact) mass is 211 g/mol. The lowest BCUT2D eigenvalue weighted by molar-refractivity contribution is 0.627. The molecule has 0 bridgehead atoms. The zero-order valence-corrected chi connectivity index (χ0v) is 8.66. The van der Waals surface area contributed by atoms with Crippen LogP contribution >= 0.6 is 11.6 Å². The summed E-state index contributed by atoms with van der Waals surface area (Å²) in [6.45, 7) is 0.829. The highest BCUT2D eigenvalue weighted by Crippen LogP contribution is 2.12. The largest absolute Gasteiger partial charge is 0.319 e. The summed E-state index contributed by atoms with van der Waals surface area (Å²) in [4.78, 5) is 0. The topological polar surface area (TPSA) is 12.0 Å². The molecule has 0 saturated heterocycles. The molecule has 0 fully saturated rings. The number of rotatable bonds is 2. The van der Waals surface area contributed by atoms with E-state index in [2.05, 4.69) is 17.2 Å². The summed E-state index contributed by atoms with van der Waals surface area (Å²) in [5, 5.41) is 3.35. The van der Waals surface area contributed by atoms with Crippen LogP contribution in [0, 0.1) is 17.7 Å². The molecular formula is C11H11ClFN. The number of nitrogens with one attached hydrogen (secondary N) is 1. The first-order valence-electron chi connectivity index (χ1n) is 4.32. The first-order chi connectivity index (χ1) is 6.72. The van der Waals surface area contributed by atoms with E-state index < -0.39 is 0 Å². The molecule has 0 aliphatic heterocycles. The van der Waals surface area contributed by atoms with Crippen molar-refractivity contribution in [2.24, 2.45) is 0 Å². The fourth-order valence-corrected chi connectivity index (χ4v) is 1.20. The van der Waals surface area contributed by atoms with Crippen LogP contribution in [-0.4, -0.2) is 13.6 Å². The summed E-state index contributed by atoms with van der Waals surface area (Å²) in [7, 11) is 1.86. The molecular weight excluding hydrogens is 201 g/mol. The van der Waals surface area contributed by atoms with E-state index in [1.807, 2.05) is 7.05 Å². The van der Waals surface area contributed by atoms with Crippen molar-refractivity contribution in [3.63, 3.8) is 0 Å². The van der Waals surface area contributed by atoms with Crippen molar-refractivity contribution in [2.75, 3.05) is 13.6 Å². The molecule has 14 heavy (non-hydrogen) atoms. The molecule has 0 saturated carbocycles. The second-order valence-electron chi connectivity index (χ2n) is 2.81. The average Bonchev–Trinajstić information content (AvgIpc) is 2.11. The maximum atomic E-state index is 12.8. The Morgan fingerprint density at radius 3 is 2.86 bits per heavy atom. The van der Waals surface area contributed by atoms with E-state index in [1.54, 1.807) is 6.07 Å². The van der Waals surface area contributed by atoms with Gasteiger partial charge in [0.2, 0.25) is 0 Å². The first-order valence-corrected chi connectivity index (χ1v) is 4.70. The third-order valence-corrected chi connectivity index (χ3v) is 1.81. The summed E-state index contributed by atoms with van der Waals surface area (Å²) in [5.41, 5.74) is 0.617. The van der Waals surface area contributed by atoms with Gasteiger partial charge < -0.3 is 5.32 Å². The Balaban J connectivity index is 2.69. The molecule has 0 aliphatic carbocycles. The molecule has 0 aliphatic rings. The number of halogens is 2. The van der Waals surface area contributed by atoms with Crippen LogP contribution in [0.25, 0.3) is 0 Å². The lowest BCUT2D eigenvalue weighted by atomic mass is 10.2. The van der Waals surface area contributed by atoms with Gasteiger partial charge in [-0.2, -0.15) is 0 Å². The van der Waals surface area contributed by atoms with Gasteiger partial charge in [-0.15, -0.1) is 0 Å². The maximum absolute atomic E-state index is 12.8. The lowest BCUT2D eigenvalue weighted by Gasteiger charge is -1.93. The molecule has 1 rings (SSSR count). The molecule has 74 valence electrons. The lowest BCUT2D eigenvalue weighted by Crippen LogP contribution is -2.05. The molecule has 0 amide bonds. The Morgan fingerprint density at radius 1 is 1.43 bits per heavy atom. The van der Waals surface area contributed by atoms with Crippen LogP contribution in [-0.2, 0) is 0 Å². The minimum absolute atomic E-state index is 0.351. The van der Waals surface area contributed by atoms with Crippen molar-refractivity contribution in [1.82, 2.24) is 5.32 Å². The minimum Gasteiger partial charge on any atom is -0.319 e. The van der Waals surface area contributed by atoms with Crippen LogP contribution in [0.15, 0.2) is 18.2 Å². The highest BCUT2D eigenvalue weighted by molar-refractivity contribution is 6.30. The third-order valence-electron chi connectivity index (χ3n) is 1.60. The Morgan fingerprint density at radius 2 is 2.21 bits per heavy atom. The van der Waals surface area contributed by atoms with E-state index in [4.69, 9.17) is 11.6 Å². The van der Waals surface area contributed by atoms with Gasteiger partial charge in [0.15, 0.2) is 0 Å². The number of benzene rings is 1. The SMILES string of the molecule is CNCCC#Cc1cc(F)cc(Cl)c1. The van der Waals surface area contributed by atoms with Crippen LogP contribution in [0.4, 0.5) is 4.39 Å². The molecule has 0 heterocycles. The first kappa shape index (κ1) is 11.0. The second kappa shape index (κ2) is 5.64. The Hall–Kier alpha value is -1.04. The predicted molar refractivity (Wildman–Crippen MR) is 56.8 cm³/mol. The summed E-state index contributed by atoms with van der Waals surface area (Å²) in [6, 6.07) is 4.29. The van der Waals surface area contributed by atoms with Crippen molar-refractivity contribution in [3.8, 4) is 11.8 Å². The Kier molecular flexibility index (Phi) is 4.45. The minimum atomic E-state index is -0.351. The highest BCUT2D eigenvalue weighted by atomic mass is 35.5. The normalized spacial score (nSPS) is 9.36. The van der Waals surface area contributed by atoms with E-state index in [1.165, 1.54) is 12.1 Å². The van der Waals surface area contributed by atoms with Gasteiger partial charge in [-0.25, -0.2) is 4.39 Å². The van der Waals surface area contributed by atoms with Gasteiger partial charge in [-0.1, -0.05) is 23.4 Å². The standard InChI is InChI=1S/C11H11ClFN/c1-14-5-3-2-4-9-6-10(12)8-11(13)7-9/h6-8,14H,3,5H2,1H3. The van der Waals surface area contributed by atoms with Gasteiger partial charge in [0, 0.05) is 23.6 Å². The molecule has 3 heteroatoms. The molecule has 0 atom stereocenters. The van der Waals surface area contributed by atoms with Crippen LogP contribution in [0.1, 0.15) is 12.0 Å². The fourth-order valence-electron chi connectivity index (χ4n) is 0.978. The molecule has 1 aromatic carbocycles. The van der Waals surface area contributed by atoms with Crippen LogP contribution in [0.3, 0.4) is 0 Å². The average molecular weight is 212 g/mol. The van der Waals surface area contributed by atoms with E-state index in [0.29, 0.717) is 10.6 Å². The van der Waals surface area contributed by atoms with E-state index >= 15 is 0 Å². The molecule has 1 aromatic rings. The maximum Gasteiger partial charge on any atom is 0.125 e. The van der Waals surface area contributed by atoms with Crippen molar-refractivity contribution in [3.05, 3.63) is 34.6 Å². The van der Waals surface area contributed by atoms with Gasteiger partial charge in [0.25, 0.3) is 0 Å². The van der Waals surface area contributed by atoms with Crippen LogP contribution in [0.5, 0.6) is 0 Å². The zero-order chi connectivity index (χ0) is 10.4. The van der Waals surface area contributed by atoms with Gasteiger partial charge in [0.05, 0.1) is 0 Å². The second-order valence-corrected chi connectivity index (χ2v) is 3.25. The third kappa shape index (κ3) is 3.78. The molecule has 0 radical (unpaired) electrons. The Bertz CT molecular complexity index is 345. The Labute approximate surface area is 88.3 Å². The molecule has 0 aromatic heterocycles. The summed E-state index contributed by atoms with van der Waals surface area (Å²) < 4.78 is 12.8.